The van der Waals surface area contributed by atoms with Crippen molar-refractivity contribution in [2.24, 2.45) is 0 Å². The lowest BCUT2D eigenvalue weighted by Gasteiger charge is -2.36. The molecule has 0 aromatic carbocycles. The molecule has 2 unspecified atom stereocenters. The van der Waals surface area contributed by atoms with Gasteiger partial charge in [-0.2, -0.15) is 0 Å². The Balaban J connectivity index is 2.31. The van der Waals surface area contributed by atoms with Crippen LogP contribution in [-0.4, -0.2) is 32.5 Å². The van der Waals surface area contributed by atoms with E-state index in [4.69, 9.17) is 14.2 Å². The largest absolute Gasteiger partial charge is 0.497 e. The predicted octanol–water partition coefficient (Wildman–Crippen LogP) is 1.65. The Morgan fingerprint density at radius 1 is 1.21 bits per heavy atom. The van der Waals surface area contributed by atoms with E-state index < -0.39 is 0 Å². The van der Waals surface area contributed by atoms with Crippen molar-refractivity contribution in [2.45, 2.75) is 26.1 Å². The van der Waals surface area contributed by atoms with Crippen LogP contribution in [0.3, 0.4) is 0 Å². The van der Waals surface area contributed by atoms with Crippen molar-refractivity contribution in [2.75, 3.05) is 20.3 Å². The highest BCUT2D eigenvalue weighted by molar-refractivity contribution is 5.35. The summed E-state index contributed by atoms with van der Waals surface area (Å²) in [4.78, 5) is 0. The molecule has 0 spiro atoms. The first-order chi connectivity index (χ1) is 6.74. The molecule has 0 radical (unpaired) electrons. The second kappa shape index (κ2) is 3.75. The molecule has 1 aliphatic heterocycles. The van der Waals surface area contributed by atoms with Gasteiger partial charge >= 0.3 is 0 Å². The fourth-order valence-corrected chi connectivity index (χ4v) is 2.01. The van der Waals surface area contributed by atoms with Crippen molar-refractivity contribution >= 4 is 0 Å². The number of fused-ring (bicyclic) bond motifs is 1. The summed E-state index contributed by atoms with van der Waals surface area (Å²) in [5.74, 6) is 0.911. The van der Waals surface area contributed by atoms with Crippen molar-refractivity contribution in [1.82, 2.24) is 0 Å². The summed E-state index contributed by atoms with van der Waals surface area (Å²) in [6, 6.07) is 0. The van der Waals surface area contributed by atoms with E-state index in [1.807, 2.05) is 13.0 Å². The zero-order chi connectivity index (χ0) is 10.1. The lowest BCUT2D eigenvalue weighted by molar-refractivity contribution is -0.112. The summed E-state index contributed by atoms with van der Waals surface area (Å²) in [6.07, 6.45) is 2.16. The van der Waals surface area contributed by atoms with Crippen LogP contribution in [0.4, 0.5) is 0 Å². The van der Waals surface area contributed by atoms with Gasteiger partial charge in [-0.05, 0) is 25.5 Å². The number of hydrogen-bond acceptors (Lipinski definition) is 3. The Kier molecular flexibility index (Phi) is 2.61. The summed E-state index contributed by atoms with van der Waals surface area (Å²) >= 11 is 0. The normalized spacial score (nSPS) is 32.4. The van der Waals surface area contributed by atoms with E-state index >= 15 is 0 Å². The fraction of sp³-hybridized carbons (Fsp3) is 0.636. The van der Waals surface area contributed by atoms with Crippen molar-refractivity contribution in [1.29, 1.82) is 0 Å². The minimum atomic E-state index is 0.0451. The molecule has 1 heterocycles. The smallest absolute Gasteiger partial charge is 0.120 e. The van der Waals surface area contributed by atoms with Crippen molar-refractivity contribution < 1.29 is 14.2 Å². The number of rotatable bonds is 1. The highest BCUT2D eigenvalue weighted by Crippen LogP contribution is 2.30. The Hall–Kier alpha value is -0.800. The molecule has 1 aliphatic carbocycles. The van der Waals surface area contributed by atoms with Crippen molar-refractivity contribution in [3.05, 3.63) is 23.0 Å². The van der Waals surface area contributed by atoms with Gasteiger partial charge in [0, 0.05) is 5.57 Å². The number of hydrogen-bond donors (Lipinski definition) is 0. The number of allylic oxidation sites excluding steroid dienone is 1. The molecule has 1 fully saturated rings. The van der Waals surface area contributed by atoms with Crippen molar-refractivity contribution in [3.8, 4) is 0 Å². The fourth-order valence-electron chi connectivity index (χ4n) is 2.01. The predicted molar refractivity (Wildman–Crippen MR) is 52.9 cm³/mol. The van der Waals surface area contributed by atoms with Gasteiger partial charge in [0.1, 0.15) is 18.0 Å². The standard InChI is InChI=1S/C11H16O3/c1-7-6-9(12-3)8(2)11-10(7)13-4-5-14-11/h6,10-11H,4-5H2,1-3H3. The van der Waals surface area contributed by atoms with Gasteiger partial charge in [-0.25, -0.2) is 0 Å². The van der Waals surface area contributed by atoms with E-state index in [9.17, 15) is 0 Å². The average molecular weight is 196 g/mol. The Bertz CT molecular complexity index is 291. The molecule has 3 heteroatoms. The van der Waals surface area contributed by atoms with Crippen LogP contribution < -0.4 is 0 Å². The molecule has 2 atom stereocenters. The lowest BCUT2D eigenvalue weighted by Crippen LogP contribution is -2.42. The van der Waals surface area contributed by atoms with Crippen molar-refractivity contribution in [3.63, 3.8) is 0 Å². The first-order valence-electron chi connectivity index (χ1n) is 4.90. The van der Waals surface area contributed by atoms with Crippen LogP contribution in [0, 0.1) is 0 Å². The molecule has 1 saturated heterocycles. The maximum absolute atomic E-state index is 5.69. The first kappa shape index (κ1) is 9.74. The maximum Gasteiger partial charge on any atom is 0.120 e. The van der Waals surface area contributed by atoms with E-state index in [0.29, 0.717) is 13.2 Å². The summed E-state index contributed by atoms with van der Waals surface area (Å²) in [7, 11) is 1.69. The molecule has 14 heavy (non-hydrogen) atoms. The van der Waals surface area contributed by atoms with Gasteiger partial charge in [-0.3, -0.25) is 0 Å². The third-order valence-electron chi connectivity index (χ3n) is 2.80. The van der Waals surface area contributed by atoms with Gasteiger partial charge in [0.2, 0.25) is 0 Å². The Morgan fingerprint density at radius 3 is 2.50 bits per heavy atom. The molecule has 0 aromatic rings. The molecular weight excluding hydrogens is 180 g/mol. The minimum Gasteiger partial charge on any atom is -0.497 e. The SMILES string of the molecule is COC1=C(C)C2OCCOC2C(C)=C1. The molecule has 0 N–H and O–H groups in total. The molecule has 78 valence electrons. The minimum absolute atomic E-state index is 0.0451. The third kappa shape index (κ3) is 1.47. The topological polar surface area (TPSA) is 27.7 Å². The van der Waals surface area contributed by atoms with E-state index in [1.54, 1.807) is 7.11 Å². The highest BCUT2D eigenvalue weighted by atomic mass is 16.6. The Labute approximate surface area is 84.3 Å². The molecule has 0 saturated carbocycles. The van der Waals surface area contributed by atoms with Gasteiger partial charge < -0.3 is 14.2 Å². The van der Waals surface area contributed by atoms with E-state index in [-0.39, 0.29) is 12.2 Å². The number of methoxy groups -OCH3 is 1. The van der Waals surface area contributed by atoms with Crippen LogP contribution in [0.15, 0.2) is 23.0 Å². The molecule has 2 rings (SSSR count). The van der Waals surface area contributed by atoms with Crippen LogP contribution in [0.5, 0.6) is 0 Å². The third-order valence-corrected chi connectivity index (χ3v) is 2.80. The van der Waals surface area contributed by atoms with E-state index in [2.05, 4.69) is 6.92 Å². The molecule has 0 bridgehead atoms. The van der Waals surface area contributed by atoms with Gasteiger partial charge in [0.15, 0.2) is 0 Å². The van der Waals surface area contributed by atoms with Gasteiger partial charge in [-0.1, -0.05) is 0 Å². The summed E-state index contributed by atoms with van der Waals surface area (Å²) in [6.45, 7) is 5.44. The molecule has 2 aliphatic rings. The molecule has 0 aromatic heterocycles. The quantitative estimate of drug-likeness (QED) is 0.638. The van der Waals surface area contributed by atoms with Crippen LogP contribution in [-0.2, 0) is 14.2 Å². The van der Waals surface area contributed by atoms with Gasteiger partial charge in [0.05, 0.1) is 20.3 Å². The van der Waals surface area contributed by atoms with Gasteiger partial charge in [0.25, 0.3) is 0 Å². The second-order valence-corrected chi connectivity index (χ2v) is 3.72. The summed E-state index contributed by atoms with van der Waals surface area (Å²) in [5.41, 5.74) is 2.31. The molecule has 3 nitrogen and oxygen atoms in total. The van der Waals surface area contributed by atoms with E-state index in [0.717, 1.165) is 11.3 Å². The monoisotopic (exact) mass is 196 g/mol. The maximum atomic E-state index is 5.69. The van der Waals surface area contributed by atoms with Crippen LogP contribution >= 0.6 is 0 Å². The van der Waals surface area contributed by atoms with Gasteiger partial charge in [-0.15, -0.1) is 0 Å². The highest BCUT2D eigenvalue weighted by Gasteiger charge is 2.34. The second-order valence-electron chi connectivity index (χ2n) is 3.72. The summed E-state index contributed by atoms with van der Waals surface area (Å²) < 4.78 is 16.7. The molecular formula is C11H16O3. The average Bonchev–Trinajstić information content (AvgIpc) is 2.23. The van der Waals surface area contributed by atoms with Crippen LogP contribution in [0.2, 0.25) is 0 Å². The van der Waals surface area contributed by atoms with Crippen LogP contribution in [0.25, 0.3) is 0 Å². The van der Waals surface area contributed by atoms with Crippen LogP contribution in [0.1, 0.15) is 13.8 Å². The zero-order valence-corrected chi connectivity index (χ0v) is 8.87. The lowest BCUT2D eigenvalue weighted by atomic mass is 9.92. The first-order valence-corrected chi connectivity index (χ1v) is 4.90. The van der Waals surface area contributed by atoms with E-state index in [1.165, 1.54) is 5.57 Å². The molecule has 0 amide bonds. The number of ether oxygens (including phenoxy) is 3. The summed E-state index contributed by atoms with van der Waals surface area (Å²) in [5, 5.41) is 0. The Morgan fingerprint density at radius 2 is 1.86 bits per heavy atom. The zero-order valence-electron chi connectivity index (χ0n) is 8.87.